The molecule has 98 valence electrons. The van der Waals surface area contributed by atoms with E-state index in [1.54, 1.807) is 6.07 Å². The molecule has 2 unspecified atom stereocenters. The number of benzene rings is 1. The second-order valence-corrected chi connectivity index (χ2v) is 5.74. The number of aliphatic hydroxyl groups is 1. The minimum absolute atomic E-state index is 0.0534. The van der Waals surface area contributed by atoms with Crippen LogP contribution in [0.1, 0.15) is 54.6 Å². The predicted octanol–water partition coefficient (Wildman–Crippen LogP) is 2.62. The summed E-state index contributed by atoms with van der Waals surface area (Å²) in [4.78, 5) is 11.6. The lowest BCUT2D eigenvalue weighted by Gasteiger charge is -2.39. The van der Waals surface area contributed by atoms with Crippen LogP contribution >= 0.6 is 0 Å². The van der Waals surface area contributed by atoms with Gasteiger partial charge in [0.05, 0.1) is 18.8 Å². The Kier molecular flexibility index (Phi) is 3.20. The van der Waals surface area contributed by atoms with Gasteiger partial charge in [0, 0.05) is 5.92 Å². The number of rotatable bonds is 1. The summed E-state index contributed by atoms with van der Waals surface area (Å²) in [7, 11) is 1.38. The molecule has 1 aromatic rings. The Morgan fingerprint density at radius 1 is 1.44 bits per heavy atom. The van der Waals surface area contributed by atoms with Gasteiger partial charge >= 0.3 is 5.97 Å². The van der Waals surface area contributed by atoms with Crippen molar-refractivity contribution in [1.29, 1.82) is 0 Å². The standard InChI is InChI=1S/C15H20O3/c1-9-11-7-10(14(17)18-4)5-6-12(11)15(2,3)8-13(9)16/h5-7,9,13,16H,8H2,1-4H3. The number of carbonyl (C=O) groups is 1. The zero-order valence-corrected chi connectivity index (χ0v) is 11.4. The minimum Gasteiger partial charge on any atom is -0.465 e. The van der Waals surface area contributed by atoms with Gasteiger partial charge < -0.3 is 9.84 Å². The van der Waals surface area contributed by atoms with Gasteiger partial charge in [-0.05, 0) is 35.1 Å². The summed E-state index contributed by atoms with van der Waals surface area (Å²) in [5.41, 5.74) is 2.76. The summed E-state index contributed by atoms with van der Waals surface area (Å²) < 4.78 is 4.74. The Labute approximate surface area is 108 Å². The minimum atomic E-state index is -0.361. The van der Waals surface area contributed by atoms with Crippen molar-refractivity contribution in [1.82, 2.24) is 0 Å². The quantitative estimate of drug-likeness (QED) is 0.777. The summed E-state index contributed by atoms with van der Waals surface area (Å²) in [6.07, 6.45) is 0.388. The van der Waals surface area contributed by atoms with E-state index >= 15 is 0 Å². The fourth-order valence-electron chi connectivity index (χ4n) is 2.82. The van der Waals surface area contributed by atoms with Gasteiger partial charge in [-0.1, -0.05) is 26.8 Å². The molecule has 1 aliphatic carbocycles. The molecule has 2 rings (SSSR count). The third kappa shape index (κ3) is 2.03. The summed E-state index contributed by atoms with van der Waals surface area (Å²) in [5.74, 6) is -0.277. The monoisotopic (exact) mass is 248 g/mol. The fraction of sp³-hybridized carbons (Fsp3) is 0.533. The number of ether oxygens (including phenoxy) is 1. The maximum Gasteiger partial charge on any atom is 0.337 e. The van der Waals surface area contributed by atoms with E-state index in [-0.39, 0.29) is 23.4 Å². The molecule has 0 fully saturated rings. The molecule has 3 heteroatoms. The van der Waals surface area contributed by atoms with Crippen LogP contribution in [0.25, 0.3) is 0 Å². The van der Waals surface area contributed by atoms with Crippen molar-refractivity contribution in [2.45, 2.75) is 44.6 Å². The van der Waals surface area contributed by atoms with E-state index < -0.39 is 0 Å². The van der Waals surface area contributed by atoms with Gasteiger partial charge in [-0.3, -0.25) is 0 Å². The van der Waals surface area contributed by atoms with Crippen LogP contribution in [0.3, 0.4) is 0 Å². The second-order valence-electron chi connectivity index (χ2n) is 5.74. The van der Waals surface area contributed by atoms with Crippen LogP contribution in [-0.2, 0) is 10.2 Å². The number of hydrogen-bond donors (Lipinski definition) is 1. The van der Waals surface area contributed by atoms with E-state index in [1.807, 2.05) is 19.1 Å². The predicted molar refractivity (Wildman–Crippen MR) is 69.8 cm³/mol. The summed E-state index contributed by atoms with van der Waals surface area (Å²) in [6, 6.07) is 5.65. The largest absolute Gasteiger partial charge is 0.465 e. The molecule has 2 atom stereocenters. The number of methoxy groups -OCH3 is 1. The van der Waals surface area contributed by atoms with E-state index in [4.69, 9.17) is 4.74 Å². The van der Waals surface area contributed by atoms with Crippen LogP contribution in [0, 0.1) is 0 Å². The van der Waals surface area contributed by atoms with Crippen LogP contribution in [0.5, 0.6) is 0 Å². The van der Waals surface area contributed by atoms with Crippen molar-refractivity contribution in [2.24, 2.45) is 0 Å². The smallest absolute Gasteiger partial charge is 0.337 e. The number of esters is 1. The third-order valence-electron chi connectivity index (χ3n) is 3.99. The zero-order valence-electron chi connectivity index (χ0n) is 11.4. The molecule has 0 bridgehead atoms. The van der Waals surface area contributed by atoms with Crippen molar-refractivity contribution in [2.75, 3.05) is 7.11 Å². The first-order valence-corrected chi connectivity index (χ1v) is 6.27. The normalized spacial score (nSPS) is 25.4. The SMILES string of the molecule is COC(=O)c1ccc2c(c1)C(C)C(O)CC2(C)C. The first-order valence-electron chi connectivity index (χ1n) is 6.27. The molecule has 18 heavy (non-hydrogen) atoms. The average molecular weight is 248 g/mol. The summed E-state index contributed by atoms with van der Waals surface area (Å²) in [5, 5.41) is 10.1. The van der Waals surface area contributed by atoms with Gasteiger partial charge in [-0.15, -0.1) is 0 Å². The molecule has 0 amide bonds. The molecule has 0 aliphatic heterocycles. The highest BCUT2D eigenvalue weighted by atomic mass is 16.5. The van der Waals surface area contributed by atoms with Crippen LogP contribution in [0.4, 0.5) is 0 Å². The summed E-state index contributed by atoms with van der Waals surface area (Å²) in [6.45, 7) is 6.25. The number of carbonyl (C=O) groups excluding carboxylic acids is 1. The van der Waals surface area contributed by atoms with Crippen molar-refractivity contribution >= 4 is 5.97 Å². The van der Waals surface area contributed by atoms with Crippen molar-refractivity contribution < 1.29 is 14.6 Å². The highest BCUT2D eigenvalue weighted by Crippen LogP contribution is 2.42. The van der Waals surface area contributed by atoms with E-state index in [0.717, 1.165) is 12.0 Å². The van der Waals surface area contributed by atoms with E-state index in [0.29, 0.717) is 5.56 Å². The number of aliphatic hydroxyl groups excluding tert-OH is 1. The molecule has 1 aromatic carbocycles. The Morgan fingerprint density at radius 2 is 2.11 bits per heavy atom. The lowest BCUT2D eigenvalue weighted by Crippen LogP contribution is -2.35. The van der Waals surface area contributed by atoms with Gasteiger partial charge in [-0.25, -0.2) is 4.79 Å². The second kappa shape index (κ2) is 4.39. The van der Waals surface area contributed by atoms with Crippen molar-refractivity contribution in [3.63, 3.8) is 0 Å². The molecule has 0 radical (unpaired) electrons. The van der Waals surface area contributed by atoms with E-state index in [9.17, 15) is 9.90 Å². The first kappa shape index (κ1) is 13.1. The van der Waals surface area contributed by atoms with Crippen molar-refractivity contribution in [3.05, 3.63) is 34.9 Å². The molecule has 3 nitrogen and oxygen atoms in total. The van der Waals surface area contributed by atoms with Gasteiger partial charge in [-0.2, -0.15) is 0 Å². The first-order chi connectivity index (χ1) is 8.36. The molecule has 0 heterocycles. The van der Waals surface area contributed by atoms with Crippen LogP contribution in [-0.4, -0.2) is 24.3 Å². The molecular weight excluding hydrogens is 228 g/mol. The highest BCUT2D eigenvalue weighted by Gasteiger charge is 2.36. The summed E-state index contributed by atoms with van der Waals surface area (Å²) >= 11 is 0. The molecule has 0 aromatic heterocycles. The number of fused-ring (bicyclic) bond motifs is 1. The Balaban J connectivity index is 2.54. The Bertz CT molecular complexity index is 477. The molecular formula is C15H20O3. The maximum absolute atomic E-state index is 11.6. The van der Waals surface area contributed by atoms with Crippen LogP contribution in [0.2, 0.25) is 0 Å². The lowest BCUT2D eigenvalue weighted by molar-refractivity contribution is 0.0599. The average Bonchev–Trinajstić information content (AvgIpc) is 2.34. The topological polar surface area (TPSA) is 46.5 Å². The maximum atomic E-state index is 11.6. The fourth-order valence-corrected chi connectivity index (χ4v) is 2.82. The van der Waals surface area contributed by atoms with Gasteiger partial charge in [0.1, 0.15) is 0 Å². The molecule has 1 aliphatic rings. The zero-order chi connectivity index (χ0) is 13.5. The molecule has 0 saturated heterocycles. The van der Waals surface area contributed by atoms with Gasteiger partial charge in [0.25, 0.3) is 0 Å². The van der Waals surface area contributed by atoms with Crippen molar-refractivity contribution in [3.8, 4) is 0 Å². The Morgan fingerprint density at radius 3 is 2.72 bits per heavy atom. The van der Waals surface area contributed by atoms with E-state index in [2.05, 4.69) is 13.8 Å². The molecule has 0 saturated carbocycles. The molecule has 0 spiro atoms. The highest BCUT2D eigenvalue weighted by molar-refractivity contribution is 5.89. The number of hydrogen-bond acceptors (Lipinski definition) is 3. The van der Waals surface area contributed by atoms with Crippen LogP contribution in [0.15, 0.2) is 18.2 Å². The lowest BCUT2D eigenvalue weighted by atomic mass is 9.67. The third-order valence-corrected chi connectivity index (χ3v) is 3.99. The Hall–Kier alpha value is -1.35. The molecule has 1 N–H and O–H groups in total. The van der Waals surface area contributed by atoms with Gasteiger partial charge in [0.2, 0.25) is 0 Å². The van der Waals surface area contributed by atoms with E-state index in [1.165, 1.54) is 12.7 Å². The van der Waals surface area contributed by atoms with Crippen LogP contribution < -0.4 is 0 Å². The van der Waals surface area contributed by atoms with Gasteiger partial charge in [0.15, 0.2) is 0 Å².